The van der Waals surface area contributed by atoms with Crippen molar-refractivity contribution < 1.29 is 105 Å². The minimum atomic E-state index is -0.277. The molecule has 0 saturated heterocycles. The number of imidazole rings is 5. The summed E-state index contributed by atoms with van der Waals surface area (Å²) in [5.41, 5.74) is 13.2. The van der Waals surface area contributed by atoms with Gasteiger partial charge in [-0.05, 0) is 92.6 Å². The number of para-hydroxylation sites is 5. The van der Waals surface area contributed by atoms with Gasteiger partial charge in [-0.15, -0.1) is 159 Å². The molecule has 0 aliphatic rings. The molecule has 24 aromatic rings. The third-order valence-electron chi connectivity index (χ3n) is 19.5. The van der Waals surface area contributed by atoms with Crippen LogP contribution in [0.1, 0.15) is 13.3 Å². The molecule has 0 N–H and O–H groups in total. The monoisotopic (exact) mass is 1980 g/mol. The third kappa shape index (κ3) is 15.7. The second kappa shape index (κ2) is 38.5. The van der Waals surface area contributed by atoms with E-state index in [1.807, 2.05) is 115 Å². The van der Waals surface area contributed by atoms with Gasteiger partial charge in [-0.25, -0.2) is 9.97 Å². The van der Waals surface area contributed by atoms with Crippen LogP contribution in [0.2, 0.25) is 0 Å². The van der Waals surface area contributed by atoms with Crippen molar-refractivity contribution in [3.8, 4) is 11.8 Å². The molecule has 548 valence electrons. The van der Waals surface area contributed by atoms with Gasteiger partial charge in [-0.3, -0.25) is 23.7 Å². The summed E-state index contributed by atoms with van der Waals surface area (Å²) in [4.78, 5) is 26.9. The number of benzene rings is 11. The molecule has 116 heavy (non-hydrogen) atoms. The summed E-state index contributed by atoms with van der Waals surface area (Å²) >= 11 is 10.2. The van der Waals surface area contributed by atoms with Gasteiger partial charge >= 0.3 is 126 Å². The van der Waals surface area contributed by atoms with E-state index >= 15 is 0 Å². The number of fused-ring (bicyclic) bond motifs is 38. The number of methoxy groups -OCH3 is 1. The first-order valence-corrected chi connectivity index (χ1v) is 48.4. The maximum absolute atomic E-state index is 13.9. The zero-order valence-electron chi connectivity index (χ0n) is 61.9. The van der Waals surface area contributed by atoms with E-state index in [0.717, 1.165) is 154 Å². The smallest absolute Gasteiger partial charge is 0.118 e. The van der Waals surface area contributed by atoms with Gasteiger partial charge in [0.1, 0.15) is 14.5 Å². The predicted molar refractivity (Wildman–Crippen MR) is 463 cm³/mol. The Kier molecular flexibility index (Phi) is 29.3. The Balaban J connectivity index is 0.000000131. The van der Waals surface area contributed by atoms with Crippen molar-refractivity contribution in [1.82, 2.24) is 46.9 Å². The molecule has 0 fully saturated rings. The van der Waals surface area contributed by atoms with Crippen LogP contribution in [0.15, 0.2) is 260 Å². The molecule has 13 aromatic heterocycles. The molecule has 0 bridgehead atoms. The number of hydrogen-bond donors (Lipinski definition) is 0. The molecule has 11 aromatic carbocycles. The van der Waals surface area contributed by atoms with Crippen LogP contribution in [0.5, 0.6) is 11.8 Å². The van der Waals surface area contributed by atoms with Gasteiger partial charge in [0.2, 0.25) is 11.8 Å². The Labute approximate surface area is 787 Å². The largest absolute Gasteiger partial charge is 0.325 e. The van der Waals surface area contributed by atoms with E-state index in [1.54, 1.807) is 53.3 Å². The van der Waals surface area contributed by atoms with Crippen LogP contribution in [-0.2, 0) is 33.7 Å². The van der Waals surface area contributed by atoms with Crippen molar-refractivity contribution in [2.75, 3.05) is 13.7 Å². The molecule has 0 aliphatic carbocycles. The molecule has 24 rings (SSSR count). The summed E-state index contributed by atoms with van der Waals surface area (Å²) < 4.78 is 50.4. The molecule has 0 atom stereocenters. The van der Waals surface area contributed by atoms with Crippen molar-refractivity contribution in [3.05, 3.63) is 302 Å². The summed E-state index contributed by atoms with van der Waals surface area (Å²) in [5.74, 6) is 0.743. The van der Waals surface area contributed by atoms with Gasteiger partial charge in [-0.1, -0.05) is 154 Å². The normalized spacial score (nSPS) is 10.9. The van der Waals surface area contributed by atoms with Crippen LogP contribution < -0.4 is 62.8 Å². The summed E-state index contributed by atoms with van der Waals surface area (Å²) in [6, 6.07) is 94.0. The van der Waals surface area contributed by atoms with Gasteiger partial charge in [0, 0.05) is 49.3 Å². The predicted octanol–water partition coefficient (Wildman–Crippen LogP) is 14.5. The molecule has 27 heteroatoms. The first-order chi connectivity index (χ1) is 54.3. The van der Waals surface area contributed by atoms with Crippen LogP contribution in [0, 0.1) is 42.0 Å². The van der Waals surface area contributed by atoms with E-state index in [4.69, 9.17) is 34.1 Å². The van der Waals surface area contributed by atoms with E-state index < -0.39 is 0 Å². The van der Waals surface area contributed by atoms with Crippen LogP contribution in [-0.4, -0.2) is 130 Å². The van der Waals surface area contributed by atoms with Crippen LogP contribution in [0.4, 0.5) is 8.78 Å². The molecule has 12 nitrogen and oxygen atoms in total. The number of rotatable bonds is 4. The molecule has 0 aliphatic heterocycles. The zero-order valence-corrected chi connectivity index (χ0v) is 81.4. The van der Waals surface area contributed by atoms with Gasteiger partial charge in [0.25, 0.3) is 0 Å². The topological polar surface area (TPSA) is 105 Å². The summed E-state index contributed by atoms with van der Waals surface area (Å²) in [6.07, 6.45) is 4.85. The standard InChI is InChI=1S/C21H10FN2S.C18H15N2O.C17H8FN2S.C17H9N2S.C16H11N2O.2BrH.2ClH.HI.3Mg.2Zn/c22-12-9-10-14-16(11-12)13-5-1-3-7-17(13)24-20(14)23-19-15-6-2-4-8-18(15)25-21(19)24;1-2-11-21-17-12-20-16-10-6-5-8-14(16)13-7-3-4-9-15(13)18(20)19-17;18-10-5-6-12-13(9-10)11-3-1-2-4-14(11)20-15-7-8-21-17(15)19-16(12)20;1-2-7-13-11(5-1)12-6-3-4-8-15(12)19-16(13)18-14-9-10-20-17(14)19;1-19-15-10-18-14-9-5-4-7-12(14)11-6-2-3-8-13(11)16(18)17-15;;;;;;;;;;/h1-9,11H;3-8,10,12H,2,11H2,1H3;1-5,7-9H;1-6,8-10H;2-7,9-10H,1H3;5*1H;;;;;/q5*-1;;;;;;5*+2/p-5. The zero-order chi connectivity index (χ0) is 74.7. The number of ether oxygens (including phenoxy) is 2. The number of pyridine rings is 5. The Bertz CT molecular complexity index is 7520. The molecular weight excluding hydrogens is 1940 g/mol. The number of aromatic nitrogens is 10. The maximum Gasteiger partial charge on any atom is 0.118 e. The molecule has 0 saturated carbocycles. The number of nitrogens with zero attached hydrogens (tertiary/aromatic N) is 10. The minimum absolute atomic E-state index is 0. The fourth-order valence-electron chi connectivity index (χ4n) is 14.9. The number of thiophene rings is 3. The van der Waals surface area contributed by atoms with Gasteiger partial charge < -0.3 is 84.8 Å². The third-order valence-corrected chi connectivity index (χ3v) is 22.3. The van der Waals surface area contributed by atoms with E-state index in [9.17, 15) is 8.78 Å². The van der Waals surface area contributed by atoms with Crippen molar-refractivity contribution >= 4 is 304 Å². The van der Waals surface area contributed by atoms with Crippen molar-refractivity contribution in [2.24, 2.45) is 0 Å². The first-order valence-electron chi connectivity index (χ1n) is 35.0. The van der Waals surface area contributed by atoms with Crippen LogP contribution >= 0.6 is 57.3 Å². The molecule has 0 amide bonds. The van der Waals surface area contributed by atoms with Gasteiger partial charge in [0.15, 0.2) is 0 Å². The first kappa shape index (κ1) is 88.2. The van der Waals surface area contributed by atoms with E-state index in [1.165, 1.54) is 75.8 Å². The summed E-state index contributed by atoms with van der Waals surface area (Å²) in [5, 5.41) is 21.1. The van der Waals surface area contributed by atoms with E-state index in [2.05, 4.69) is 203 Å². The maximum atomic E-state index is 13.9. The SMILES string of the molecule is CCCOc1cn2c3ccccc3c3ccc[c-]c3c2n1.COc1cn2c3ccccc3c3ccc[c-]c3c2n1.Fc1c[c-]c2c(c1)c1ccccc1n1c2nc2c3ccccc3sc21.Fc1c[c-]c2c(c1)c1ccccc1n1c3ccsc3nc21.[Br-].[Cl-].[Cl][Zn+].[I-].[Mg+2].[Mg+2].[Mg+2].[Zn+][Br].[c-]1cccc2c1c1nc3ccsc3n1c1ccccc21. The summed E-state index contributed by atoms with van der Waals surface area (Å²) in [7, 11) is 6.40. The molecule has 0 spiro atoms. The van der Waals surface area contributed by atoms with Crippen molar-refractivity contribution in [3.63, 3.8) is 0 Å². The van der Waals surface area contributed by atoms with E-state index in [0.29, 0.717) is 18.4 Å². The molecule has 0 radical (unpaired) electrons. The van der Waals surface area contributed by atoms with Crippen LogP contribution in [0.3, 0.4) is 0 Å². The average Bonchev–Trinajstić information content (AvgIpc) is 1.55. The number of halogens is 7. The fraction of sp³-hybridized carbons (Fsp3) is 0.0449. The van der Waals surface area contributed by atoms with E-state index in [-0.39, 0.29) is 134 Å². The van der Waals surface area contributed by atoms with Gasteiger partial charge in [-0.2, -0.15) is 0 Å². The van der Waals surface area contributed by atoms with Crippen molar-refractivity contribution in [1.29, 1.82) is 0 Å². The summed E-state index contributed by atoms with van der Waals surface area (Å²) in [6.45, 7) is 2.78. The Hall–Kier alpha value is -7.11. The average molecular weight is 1990 g/mol. The van der Waals surface area contributed by atoms with Crippen molar-refractivity contribution in [2.45, 2.75) is 13.3 Å². The number of hydrogen-bond acceptors (Lipinski definition) is 10. The van der Waals surface area contributed by atoms with Crippen LogP contribution in [0.25, 0.3) is 178 Å². The second-order valence-corrected chi connectivity index (χ2v) is 28.4. The van der Waals surface area contributed by atoms with Gasteiger partial charge in [0.05, 0.1) is 70.9 Å². The molecule has 0 unspecified atom stereocenters. The Morgan fingerprint density at radius 3 is 1.36 bits per heavy atom. The molecule has 13 heterocycles. The fourth-order valence-corrected chi connectivity index (χ4v) is 17.7. The second-order valence-electron chi connectivity index (χ2n) is 25.6. The quantitative estimate of drug-likeness (QED) is 0.0748. The minimum Gasteiger partial charge on any atom is -0.325 e. The molecular formula is C89H53Br2Cl2F2IMg3N10O2S3Zn2. The Morgan fingerprint density at radius 2 is 0.836 bits per heavy atom. The Morgan fingerprint density at radius 1 is 0.431 bits per heavy atom.